The van der Waals surface area contributed by atoms with Gasteiger partial charge in [0.05, 0.1) is 0 Å². The Morgan fingerprint density at radius 3 is 2.33 bits per heavy atom. The Labute approximate surface area is 315 Å². The number of aryl methyl sites for hydroxylation is 2. The van der Waals surface area contributed by atoms with Gasteiger partial charge in [-0.05, 0) is 81.2 Å². The fourth-order valence-electron chi connectivity index (χ4n) is 6.63. The molecule has 0 fully saturated rings. The van der Waals surface area contributed by atoms with Crippen LogP contribution < -0.4 is 21.3 Å². The molecule has 0 aliphatic carbocycles. The quantitative estimate of drug-likeness (QED) is 0.209. The van der Waals surface area contributed by atoms with Crippen LogP contribution in [0.25, 0.3) is 5.78 Å². The zero-order valence-electron chi connectivity index (χ0n) is 31.7. The van der Waals surface area contributed by atoms with Crippen molar-refractivity contribution in [2.75, 3.05) is 13.1 Å². The minimum atomic E-state index is -0.988. The van der Waals surface area contributed by atoms with Gasteiger partial charge >= 0.3 is 0 Å². The number of benzene rings is 2. The second-order valence-electron chi connectivity index (χ2n) is 14.4. The van der Waals surface area contributed by atoms with Crippen molar-refractivity contribution in [3.63, 3.8) is 0 Å². The van der Waals surface area contributed by atoms with E-state index in [0.29, 0.717) is 56.7 Å². The molecule has 2 aromatic carbocycles. The van der Waals surface area contributed by atoms with Crippen LogP contribution in [-0.4, -0.2) is 85.2 Å². The average molecular weight is 738 g/mol. The molecule has 286 valence electrons. The lowest BCUT2D eigenvalue weighted by Gasteiger charge is -2.25. The Bertz CT molecular complexity index is 1940. The van der Waals surface area contributed by atoms with Crippen molar-refractivity contribution >= 4 is 35.3 Å². The van der Waals surface area contributed by atoms with Gasteiger partial charge in [-0.3, -0.25) is 24.0 Å². The smallest absolute Gasteiger partial charge is 0.252 e. The summed E-state index contributed by atoms with van der Waals surface area (Å²) in [5.74, 6) is -1.27. The number of carbonyl (C=O) groups excluding carboxylic acids is 5. The third-order valence-electron chi connectivity index (χ3n) is 9.67. The van der Waals surface area contributed by atoms with E-state index in [9.17, 15) is 24.0 Å². The minimum Gasteiger partial charge on any atom is -0.354 e. The molecule has 0 saturated heterocycles. The van der Waals surface area contributed by atoms with Gasteiger partial charge in [-0.1, -0.05) is 56.3 Å². The average Bonchev–Trinajstić information content (AvgIpc) is 3.62. The molecule has 14 nitrogen and oxygen atoms in total. The second kappa shape index (κ2) is 18.4. The van der Waals surface area contributed by atoms with Crippen LogP contribution in [0.1, 0.15) is 84.9 Å². The molecule has 0 saturated carbocycles. The van der Waals surface area contributed by atoms with E-state index in [-0.39, 0.29) is 30.6 Å². The molecular formula is C40H51N9O5. The molecular weight excluding hydrogens is 686 g/mol. The maximum Gasteiger partial charge on any atom is 0.252 e. The van der Waals surface area contributed by atoms with Crippen molar-refractivity contribution in [3.8, 4) is 0 Å². The topological polar surface area (TPSA) is 180 Å². The van der Waals surface area contributed by atoms with Crippen LogP contribution in [0.2, 0.25) is 0 Å². The van der Waals surface area contributed by atoms with E-state index in [0.717, 1.165) is 28.1 Å². The maximum atomic E-state index is 13.8. The summed E-state index contributed by atoms with van der Waals surface area (Å²) in [7, 11) is 0. The standard InChI is InChI=1S/C40H51N9O5/c1-25(2)21-33-38(53)44-27(4)36(51)41-19-9-10-20-48(35(50)18-17-32-26(3)45-40-42-24-43-49(40)28(32)5)23-30-13-15-31(16-14-30)37(52)46-34(39(54)47-33)22-29-11-7-6-8-12-29/h6-8,11-16,24-25,27,33-34H,9-10,17-23H2,1-5H3,(H,41,51)(H,44,53)(H,46,52)(H,47,54)/t27-,33+,34-/m1/s1. The van der Waals surface area contributed by atoms with Gasteiger partial charge < -0.3 is 26.2 Å². The first-order valence-electron chi connectivity index (χ1n) is 18.6. The van der Waals surface area contributed by atoms with E-state index in [1.165, 1.54) is 6.33 Å². The largest absolute Gasteiger partial charge is 0.354 e. The number of nitrogens with zero attached hydrogens (tertiary/aromatic N) is 5. The number of aromatic nitrogens is 4. The predicted octanol–water partition coefficient (Wildman–Crippen LogP) is 2.99. The van der Waals surface area contributed by atoms with E-state index in [4.69, 9.17) is 0 Å². The third-order valence-corrected chi connectivity index (χ3v) is 9.67. The van der Waals surface area contributed by atoms with Gasteiger partial charge in [-0.2, -0.15) is 10.1 Å². The van der Waals surface area contributed by atoms with Gasteiger partial charge in [0.2, 0.25) is 23.6 Å². The van der Waals surface area contributed by atoms with E-state index in [2.05, 4.69) is 36.3 Å². The zero-order chi connectivity index (χ0) is 38.8. The van der Waals surface area contributed by atoms with Crippen molar-refractivity contribution in [2.45, 2.75) is 97.8 Å². The second-order valence-corrected chi connectivity index (χ2v) is 14.4. The van der Waals surface area contributed by atoms with Crippen molar-refractivity contribution in [3.05, 3.63) is 94.6 Å². The Morgan fingerprint density at radius 2 is 1.61 bits per heavy atom. The molecule has 4 heterocycles. The first-order valence-corrected chi connectivity index (χ1v) is 18.6. The lowest BCUT2D eigenvalue weighted by Crippen LogP contribution is -2.57. The summed E-state index contributed by atoms with van der Waals surface area (Å²) in [5.41, 5.74) is 4.66. The Balaban J connectivity index is 1.37. The first kappa shape index (κ1) is 39.5. The molecule has 3 atom stereocenters. The number of nitrogens with one attached hydrogen (secondary N) is 4. The Hall–Kier alpha value is -5.66. The van der Waals surface area contributed by atoms with Crippen LogP contribution in [0.4, 0.5) is 0 Å². The van der Waals surface area contributed by atoms with Gasteiger partial charge in [-0.25, -0.2) is 9.50 Å². The van der Waals surface area contributed by atoms with Crippen LogP contribution >= 0.6 is 0 Å². The number of fused-ring (bicyclic) bond motifs is 19. The first-order chi connectivity index (χ1) is 25.9. The maximum absolute atomic E-state index is 13.8. The van der Waals surface area contributed by atoms with Crippen LogP contribution in [0.5, 0.6) is 0 Å². The van der Waals surface area contributed by atoms with Gasteiger partial charge in [-0.15, -0.1) is 0 Å². The van der Waals surface area contributed by atoms with E-state index in [1.54, 1.807) is 28.5 Å². The SMILES string of the molecule is Cc1nc2ncnn2c(C)c1CCC(=O)N1CCCCNC(=O)[C@@H](C)NC(=O)[C@H](CC(C)C)NC(=O)[C@@H](Cc2ccccc2)NC(=O)c2ccc(cc2)C1. The van der Waals surface area contributed by atoms with Gasteiger partial charge in [0, 0.05) is 49.4 Å². The third kappa shape index (κ3) is 10.5. The molecule has 14 heteroatoms. The van der Waals surface area contributed by atoms with Crippen LogP contribution in [0.15, 0.2) is 60.9 Å². The molecule has 2 bridgehead atoms. The summed E-state index contributed by atoms with van der Waals surface area (Å²) in [5, 5.41) is 15.6. The van der Waals surface area contributed by atoms with Crippen molar-refractivity contribution in [1.29, 1.82) is 0 Å². The number of hydrogen-bond donors (Lipinski definition) is 4. The molecule has 2 aliphatic rings. The summed E-state index contributed by atoms with van der Waals surface area (Å²) in [6, 6.07) is 13.5. The molecule has 6 rings (SSSR count). The van der Waals surface area contributed by atoms with E-state index < -0.39 is 35.8 Å². The van der Waals surface area contributed by atoms with Crippen molar-refractivity contribution in [1.82, 2.24) is 45.7 Å². The summed E-state index contributed by atoms with van der Waals surface area (Å²) in [6.07, 6.45) is 3.95. The van der Waals surface area contributed by atoms with Gasteiger partial charge in [0.15, 0.2) is 0 Å². The molecule has 2 aliphatic heterocycles. The minimum absolute atomic E-state index is 0.0428. The zero-order valence-corrected chi connectivity index (χ0v) is 31.7. The summed E-state index contributed by atoms with van der Waals surface area (Å²) >= 11 is 0. The lowest BCUT2D eigenvalue weighted by atomic mass is 10.0. The highest BCUT2D eigenvalue weighted by atomic mass is 16.2. The van der Waals surface area contributed by atoms with Crippen LogP contribution in [0.3, 0.4) is 0 Å². The molecule has 0 radical (unpaired) electrons. The summed E-state index contributed by atoms with van der Waals surface area (Å²) in [4.78, 5) is 78.2. The summed E-state index contributed by atoms with van der Waals surface area (Å²) < 4.78 is 1.67. The fraction of sp³-hybridized carbons (Fsp3) is 0.450. The fourth-order valence-corrected chi connectivity index (χ4v) is 6.63. The number of hydrogen-bond acceptors (Lipinski definition) is 8. The van der Waals surface area contributed by atoms with Crippen LogP contribution in [-0.2, 0) is 38.6 Å². The Kier molecular flexibility index (Phi) is 13.5. The highest BCUT2D eigenvalue weighted by Crippen LogP contribution is 2.18. The van der Waals surface area contributed by atoms with E-state index in [1.807, 2.05) is 70.2 Å². The molecule has 5 amide bonds. The molecule has 2 aromatic heterocycles. The summed E-state index contributed by atoms with van der Waals surface area (Å²) in [6.45, 7) is 10.5. The molecule has 0 unspecified atom stereocenters. The van der Waals surface area contributed by atoms with Gasteiger partial charge in [0.25, 0.3) is 11.7 Å². The van der Waals surface area contributed by atoms with Crippen molar-refractivity contribution < 1.29 is 24.0 Å². The molecule has 4 N–H and O–H groups in total. The number of rotatable bonds is 7. The van der Waals surface area contributed by atoms with Gasteiger partial charge in [0.1, 0.15) is 24.5 Å². The van der Waals surface area contributed by atoms with E-state index >= 15 is 0 Å². The number of amides is 5. The predicted molar refractivity (Wildman–Crippen MR) is 203 cm³/mol. The van der Waals surface area contributed by atoms with Crippen molar-refractivity contribution in [2.24, 2.45) is 5.92 Å². The molecule has 0 spiro atoms. The highest BCUT2D eigenvalue weighted by Gasteiger charge is 2.30. The lowest BCUT2D eigenvalue weighted by molar-refractivity contribution is -0.132. The molecule has 54 heavy (non-hydrogen) atoms. The molecule has 4 aromatic rings. The number of carbonyl (C=O) groups is 5. The van der Waals surface area contributed by atoms with Crippen LogP contribution in [0, 0.1) is 19.8 Å². The normalized spacial score (nSPS) is 19.5. The Morgan fingerprint density at radius 1 is 0.889 bits per heavy atom. The highest BCUT2D eigenvalue weighted by molar-refractivity contribution is 5.99. The monoisotopic (exact) mass is 737 g/mol.